The summed E-state index contributed by atoms with van der Waals surface area (Å²) in [6, 6.07) is 14.3. The van der Waals surface area contributed by atoms with Crippen LogP contribution in [-0.2, 0) is 4.79 Å². The molecule has 0 radical (unpaired) electrons. The van der Waals surface area contributed by atoms with Gasteiger partial charge in [0.1, 0.15) is 5.75 Å². The van der Waals surface area contributed by atoms with Crippen molar-refractivity contribution in [1.29, 1.82) is 0 Å². The number of benzene rings is 2. The quantitative estimate of drug-likeness (QED) is 0.685. The Morgan fingerprint density at radius 2 is 1.79 bits per heavy atom. The van der Waals surface area contributed by atoms with E-state index in [9.17, 15) is 9.59 Å². The Morgan fingerprint density at radius 3 is 2.46 bits per heavy atom. The third-order valence-corrected chi connectivity index (χ3v) is 4.32. The van der Waals surface area contributed by atoms with Gasteiger partial charge in [0.05, 0.1) is 13.7 Å². The average molecular weight is 379 g/mol. The molecule has 2 aromatic carbocycles. The van der Waals surface area contributed by atoms with Gasteiger partial charge in [-0.3, -0.25) is 9.59 Å². The molecule has 0 fully saturated rings. The number of nitrogens with zero attached hydrogens (tertiary/aromatic N) is 1. The van der Waals surface area contributed by atoms with Crippen molar-refractivity contribution >= 4 is 17.5 Å². The minimum Gasteiger partial charge on any atom is -0.497 e. The first-order chi connectivity index (χ1) is 13.5. The van der Waals surface area contributed by atoms with Gasteiger partial charge in [0.15, 0.2) is 11.5 Å². The average Bonchev–Trinajstić information content (AvgIpc) is 3.19. The van der Waals surface area contributed by atoms with Crippen LogP contribution >= 0.6 is 0 Å². The van der Waals surface area contributed by atoms with Crippen LogP contribution in [0, 0.1) is 13.8 Å². The van der Waals surface area contributed by atoms with Crippen LogP contribution in [-0.4, -0.2) is 30.6 Å². The third kappa shape index (κ3) is 4.56. The summed E-state index contributed by atoms with van der Waals surface area (Å²) in [5, 5.41) is 9.05. The molecule has 2 amide bonds. The largest absolute Gasteiger partial charge is 0.497 e. The van der Waals surface area contributed by atoms with E-state index in [1.165, 1.54) is 6.07 Å². The third-order valence-electron chi connectivity index (χ3n) is 4.32. The van der Waals surface area contributed by atoms with Gasteiger partial charge in [-0.15, -0.1) is 0 Å². The van der Waals surface area contributed by atoms with Gasteiger partial charge in [0.25, 0.3) is 5.91 Å². The Balaban J connectivity index is 1.56. The van der Waals surface area contributed by atoms with Gasteiger partial charge in [-0.1, -0.05) is 11.2 Å². The predicted octanol–water partition coefficient (Wildman–Crippen LogP) is 3.34. The Bertz CT molecular complexity index is 993. The van der Waals surface area contributed by atoms with E-state index in [4.69, 9.17) is 9.26 Å². The normalized spacial score (nSPS) is 10.4. The van der Waals surface area contributed by atoms with E-state index >= 15 is 0 Å². The SMILES string of the molecule is COc1ccc(-c2cc(C(=O)NCC(=O)Nc3ccc(C)c(C)c3)no2)cc1. The fourth-order valence-electron chi connectivity index (χ4n) is 2.55. The van der Waals surface area contributed by atoms with Gasteiger partial charge in [-0.25, -0.2) is 0 Å². The zero-order chi connectivity index (χ0) is 20.1. The first-order valence-corrected chi connectivity index (χ1v) is 8.72. The van der Waals surface area contributed by atoms with Gasteiger partial charge >= 0.3 is 0 Å². The molecule has 0 aliphatic rings. The maximum atomic E-state index is 12.2. The number of carbonyl (C=O) groups is 2. The highest BCUT2D eigenvalue weighted by molar-refractivity contribution is 5.98. The van der Waals surface area contributed by atoms with E-state index in [1.807, 2.05) is 32.0 Å². The summed E-state index contributed by atoms with van der Waals surface area (Å²) < 4.78 is 10.3. The Morgan fingerprint density at radius 1 is 1.04 bits per heavy atom. The number of methoxy groups -OCH3 is 1. The van der Waals surface area contributed by atoms with E-state index in [0.29, 0.717) is 11.4 Å². The van der Waals surface area contributed by atoms with Crippen molar-refractivity contribution in [2.24, 2.45) is 0 Å². The van der Waals surface area contributed by atoms with Crippen molar-refractivity contribution in [2.45, 2.75) is 13.8 Å². The number of carbonyl (C=O) groups excluding carboxylic acids is 2. The Labute approximate surface area is 162 Å². The standard InChI is InChI=1S/C21H21N3O4/c1-13-4-7-16(10-14(13)2)23-20(25)12-22-21(26)18-11-19(28-24-18)15-5-8-17(27-3)9-6-15/h4-11H,12H2,1-3H3,(H,22,26)(H,23,25). The molecule has 7 heteroatoms. The summed E-state index contributed by atoms with van der Waals surface area (Å²) in [5.41, 5.74) is 3.77. The smallest absolute Gasteiger partial charge is 0.273 e. The second kappa shape index (κ2) is 8.39. The van der Waals surface area contributed by atoms with Gasteiger partial charge < -0.3 is 19.9 Å². The molecule has 0 aliphatic heterocycles. The molecule has 144 valence electrons. The maximum Gasteiger partial charge on any atom is 0.273 e. The van der Waals surface area contributed by atoms with E-state index in [0.717, 1.165) is 22.4 Å². The number of nitrogens with one attached hydrogen (secondary N) is 2. The van der Waals surface area contributed by atoms with Crippen LogP contribution in [0.2, 0.25) is 0 Å². The van der Waals surface area contributed by atoms with Crippen molar-refractivity contribution in [3.05, 3.63) is 65.4 Å². The van der Waals surface area contributed by atoms with E-state index in [2.05, 4.69) is 15.8 Å². The second-order valence-corrected chi connectivity index (χ2v) is 6.33. The molecule has 3 aromatic rings. The molecule has 2 N–H and O–H groups in total. The lowest BCUT2D eigenvalue weighted by Gasteiger charge is -2.08. The maximum absolute atomic E-state index is 12.2. The van der Waals surface area contributed by atoms with Gasteiger partial charge in [0, 0.05) is 17.3 Å². The molecule has 3 rings (SSSR count). The van der Waals surface area contributed by atoms with E-state index in [1.54, 1.807) is 31.4 Å². The number of amides is 2. The number of hydrogen-bond acceptors (Lipinski definition) is 5. The number of rotatable bonds is 6. The fraction of sp³-hybridized carbons (Fsp3) is 0.190. The Kier molecular flexibility index (Phi) is 5.74. The lowest BCUT2D eigenvalue weighted by Crippen LogP contribution is -2.33. The van der Waals surface area contributed by atoms with Gasteiger partial charge in [-0.2, -0.15) is 0 Å². The van der Waals surface area contributed by atoms with Crippen LogP contribution in [0.1, 0.15) is 21.6 Å². The summed E-state index contributed by atoms with van der Waals surface area (Å²) in [6.45, 7) is 3.80. The van der Waals surface area contributed by atoms with Crippen molar-refractivity contribution in [3.63, 3.8) is 0 Å². The lowest BCUT2D eigenvalue weighted by molar-refractivity contribution is -0.115. The van der Waals surface area contributed by atoms with Gasteiger partial charge in [0.2, 0.25) is 5.91 Å². The molecule has 0 saturated carbocycles. The lowest BCUT2D eigenvalue weighted by atomic mass is 10.1. The molecule has 0 aliphatic carbocycles. The van der Waals surface area contributed by atoms with Gasteiger partial charge in [-0.05, 0) is 61.4 Å². The number of aromatic nitrogens is 1. The molecule has 0 unspecified atom stereocenters. The van der Waals surface area contributed by atoms with E-state index < -0.39 is 5.91 Å². The summed E-state index contributed by atoms with van der Waals surface area (Å²) in [7, 11) is 1.59. The monoisotopic (exact) mass is 379 g/mol. The molecule has 0 bridgehead atoms. The van der Waals surface area contributed by atoms with Crippen molar-refractivity contribution in [2.75, 3.05) is 19.0 Å². The zero-order valence-corrected chi connectivity index (χ0v) is 15.9. The molecule has 1 heterocycles. The number of hydrogen-bond donors (Lipinski definition) is 2. The predicted molar refractivity (Wildman–Crippen MR) is 105 cm³/mol. The Hall–Kier alpha value is -3.61. The van der Waals surface area contributed by atoms with Crippen LogP contribution in [0.25, 0.3) is 11.3 Å². The molecule has 0 spiro atoms. The van der Waals surface area contributed by atoms with Crippen molar-refractivity contribution in [1.82, 2.24) is 10.5 Å². The van der Waals surface area contributed by atoms with Crippen LogP contribution in [0.5, 0.6) is 5.75 Å². The highest BCUT2D eigenvalue weighted by atomic mass is 16.5. The fourth-order valence-corrected chi connectivity index (χ4v) is 2.55. The molecule has 28 heavy (non-hydrogen) atoms. The van der Waals surface area contributed by atoms with Crippen LogP contribution in [0.4, 0.5) is 5.69 Å². The molecular formula is C21H21N3O4. The zero-order valence-electron chi connectivity index (χ0n) is 15.9. The summed E-state index contributed by atoms with van der Waals surface area (Å²) in [5.74, 6) is 0.359. The molecule has 7 nitrogen and oxygen atoms in total. The minimum absolute atomic E-state index is 0.102. The van der Waals surface area contributed by atoms with Crippen molar-refractivity contribution < 1.29 is 18.8 Å². The summed E-state index contributed by atoms with van der Waals surface area (Å²) in [6.07, 6.45) is 0. The first-order valence-electron chi connectivity index (χ1n) is 8.72. The summed E-state index contributed by atoms with van der Waals surface area (Å²) >= 11 is 0. The minimum atomic E-state index is -0.487. The summed E-state index contributed by atoms with van der Waals surface area (Å²) in [4.78, 5) is 24.3. The highest BCUT2D eigenvalue weighted by Crippen LogP contribution is 2.23. The number of ether oxygens (including phenoxy) is 1. The number of anilines is 1. The highest BCUT2D eigenvalue weighted by Gasteiger charge is 2.15. The molecular weight excluding hydrogens is 358 g/mol. The second-order valence-electron chi connectivity index (χ2n) is 6.33. The molecule has 0 atom stereocenters. The molecule has 1 aromatic heterocycles. The van der Waals surface area contributed by atoms with Crippen LogP contribution in [0.15, 0.2) is 53.1 Å². The topological polar surface area (TPSA) is 93.5 Å². The first kappa shape index (κ1) is 19.2. The number of aryl methyl sites for hydroxylation is 2. The van der Waals surface area contributed by atoms with Crippen LogP contribution in [0.3, 0.4) is 0 Å². The van der Waals surface area contributed by atoms with Crippen molar-refractivity contribution in [3.8, 4) is 17.1 Å². The van der Waals surface area contributed by atoms with E-state index in [-0.39, 0.29) is 18.1 Å². The van der Waals surface area contributed by atoms with Crippen LogP contribution < -0.4 is 15.4 Å². The molecule has 0 saturated heterocycles.